The lowest BCUT2D eigenvalue weighted by Gasteiger charge is -2.15. The third-order valence-corrected chi connectivity index (χ3v) is 4.37. The van der Waals surface area contributed by atoms with Crippen LogP contribution in [-0.2, 0) is 10.0 Å². The molecule has 0 amide bonds. The number of nitrogens with one attached hydrogen (secondary N) is 2. The largest absolute Gasteiger partial charge is 0.313 e. The fraction of sp³-hybridized carbons (Fsp3) is 0.750. The molecule has 0 aliphatic heterocycles. The molecule has 92 valence electrons. The first-order valence-electron chi connectivity index (χ1n) is 4.93. The van der Waals surface area contributed by atoms with Gasteiger partial charge < -0.3 is 5.32 Å². The summed E-state index contributed by atoms with van der Waals surface area (Å²) in [7, 11) is -3.38. The Morgan fingerprint density at radius 3 is 2.62 bits per heavy atom. The zero-order chi connectivity index (χ0) is 12.2. The van der Waals surface area contributed by atoms with Crippen molar-refractivity contribution in [1.82, 2.24) is 15.5 Å². The maximum Gasteiger partial charge on any atom is 0.238 e. The fourth-order valence-electron chi connectivity index (χ4n) is 0.951. The van der Waals surface area contributed by atoms with Crippen molar-refractivity contribution in [3.8, 4) is 0 Å². The number of hydrogen-bond acceptors (Lipinski definition) is 6. The minimum Gasteiger partial charge on any atom is -0.313 e. The van der Waals surface area contributed by atoms with Crippen LogP contribution in [0, 0.1) is 0 Å². The molecule has 1 aromatic heterocycles. The minimum absolute atomic E-state index is 0.263. The summed E-state index contributed by atoms with van der Waals surface area (Å²) in [5, 5.41) is 10.1. The molecule has 1 atom stereocenters. The Bertz CT molecular complexity index is 402. The van der Waals surface area contributed by atoms with Crippen molar-refractivity contribution in [2.24, 2.45) is 0 Å². The van der Waals surface area contributed by atoms with Gasteiger partial charge in [0, 0.05) is 12.6 Å². The molecular formula is C8H16N4O2S2. The van der Waals surface area contributed by atoms with Gasteiger partial charge in [0.05, 0.1) is 5.25 Å². The van der Waals surface area contributed by atoms with Crippen LogP contribution in [0.1, 0.15) is 20.8 Å². The number of sulfonamides is 1. The molecule has 1 rings (SSSR count). The quantitative estimate of drug-likeness (QED) is 0.789. The molecule has 0 saturated heterocycles. The monoisotopic (exact) mass is 264 g/mol. The van der Waals surface area contributed by atoms with Gasteiger partial charge in [-0.15, -0.1) is 10.2 Å². The van der Waals surface area contributed by atoms with E-state index in [9.17, 15) is 8.42 Å². The van der Waals surface area contributed by atoms with Gasteiger partial charge >= 0.3 is 0 Å². The van der Waals surface area contributed by atoms with Crippen LogP contribution >= 0.6 is 11.3 Å². The Morgan fingerprint density at radius 2 is 2.12 bits per heavy atom. The number of anilines is 1. The molecule has 6 nitrogen and oxygen atoms in total. The molecule has 1 heterocycles. The molecular weight excluding hydrogens is 248 g/mol. The lowest BCUT2D eigenvalue weighted by atomic mass is 10.3. The molecule has 2 N–H and O–H groups in total. The second-order valence-corrected chi connectivity index (χ2v) is 6.70. The van der Waals surface area contributed by atoms with Crippen LogP contribution in [0.2, 0.25) is 0 Å². The summed E-state index contributed by atoms with van der Waals surface area (Å²) in [4.78, 5) is 0. The molecule has 0 fully saturated rings. The highest BCUT2D eigenvalue weighted by Crippen LogP contribution is 2.12. The van der Waals surface area contributed by atoms with Crippen molar-refractivity contribution in [2.75, 3.05) is 11.3 Å². The van der Waals surface area contributed by atoms with E-state index in [1.807, 2.05) is 13.8 Å². The molecule has 1 unspecified atom stereocenters. The van der Waals surface area contributed by atoms with E-state index in [4.69, 9.17) is 0 Å². The summed E-state index contributed by atoms with van der Waals surface area (Å²) >= 11 is 1.16. The third kappa shape index (κ3) is 4.03. The first kappa shape index (κ1) is 13.3. The Morgan fingerprint density at radius 1 is 1.44 bits per heavy atom. The normalized spacial score (nSPS) is 14.0. The lowest BCUT2D eigenvalue weighted by Crippen LogP contribution is -2.37. The minimum atomic E-state index is -3.38. The van der Waals surface area contributed by atoms with Gasteiger partial charge in [0.1, 0.15) is 5.51 Å². The SMILES string of the molecule is CC(C)NCC(C)S(=O)(=O)Nc1nncs1. The highest BCUT2D eigenvalue weighted by molar-refractivity contribution is 7.93. The molecule has 1 aromatic rings. The second kappa shape index (κ2) is 5.55. The van der Waals surface area contributed by atoms with Gasteiger partial charge in [0.2, 0.25) is 15.2 Å². The van der Waals surface area contributed by atoms with Gasteiger partial charge in [0.25, 0.3) is 0 Å². The van der Waals surface area contributed by atoms with Crippen LogP contribution in [0.15, 0.2) is 5.51 Å². The number of rotatable bonds is 6. The predicted octanol–water partition coefficient (Wildman–Crippen LogP) is 0.666. The number of hydrogen-bond donors (Lipinski definition) is 2. The van der Waals surface area contributed by atoms with Gasteiger partial charge in [-0.25, -0.2) is 8.42 Å². The second-order valence-electron chi connectivity index (χ2n) is 3.76. The summed E-state index contributed by atoms with van der Waals surface area (Å²) in [5.74, 6) is 0. The number of aromatic nitrogens is 2. The third-order valence-electron chi connectivity index (χ3n) is 1.93. The Kier molecular flexibility index (Phi) is 4.63. The molecule has 8 heteroatoms. The average molecular weight is 264 g/mol. The van der Waals surface area contributed by atoms with E-state index < -0.39 is 15.3 Å². The van der Waals surface area contributed by atoms with Crippen molar-refractivity contribution in [2.45, 2.75) is 32.1 Å². The molecule has 0 spiro atoms. The van der Waals surface area contributed by atoms with Gasteiger partial charge in [-0.3, -0.25) is 4.72 Å². The predicted molar refractivity (Wildman–Crippen MR) is 65.1 cm³/mol. The Balaban J connectivity index is 2.56. The van der Waals surface area contributed by atoms with E-state index in [1.54, 1.807) is 6.92 Å². The van der Waals surface area contributed by atoms with Crippen molar-refractivity contribution in [1.29, 1.82) is 0 Å². The first-order valence-corrected chi connectivity index (χ1v) is 7.35. The zero-order valence-corrected chi connectivity index (χ0v) is 11.1. The van der Waals surface area contributed by atoms with Gasteiger partial charge in [-0.1, -0.05) is 25.2 Å². The fourth-order valence-corrected chi connectivity index (χ4v) is 2.58. The van der Waals surface area contributed by atoms with E-state index in [0.29, 0.717) is 11.7 Å². The van der Waals surface area contributed by atoms with Crippen LogP contribution < -0.4 is 10.0 Å². The van der Waals surface area contributed by atoms with Crippen LogP contribution in [0.5, 0.6) is 0 Å². The summed E-state index contributed by atoms with van der Waals surface area (Å²) in [5.41, 5.74) is 1.48. The molecule has 0 aliphatic carbocycles. The molecule has 0 saturated carbocycles. The Hall–Kier alpha value is -0.730. The average Bonchev–Trinajstić information content (AvgIpc) is 2.65. The van der Waals surface area contributed by atoms with Gasteiger partial charge in [-0.05, 0) is 6.92 Å². The summed E-state index contributed by atoms with van der Waals surface area (Å²) in [6, 6.07) is 0.263. The van der Waals surface area contributed by atoms with Crippen LogP contribution in [0.3, 0.4) is 0 Å². The number of nitrogens with zero attached hydrogens (tertiary/aromatic N) is 2. The van der Waals surface area contributed by atoms with E-state index >= 15 is 0 Å². The van der Waals surface area contributed by atoms with Gasteiger partial charge in [-0.2, -0.15) is 0 Å². The van der Waals surface area contributed by atoms with Gasteiger partial charge in [0.15, 0.2) is 0 Å². The van der Waals surface area contributed by atoms with E-state index in [0.717, 1.165) is 11.3 Å². The summed E-state index contributed by atoms with van der Waals surface area (Å²) < 4.78 is 26.0. The Labute approximate surface area is 99.5 Å². The topological polar surface area (TPSA) is 84.0 Å². The molecule has 0 bridgehead atoms. The molecule has 16 heavy (non-hydrogen) atoms. The van der Waals surface area contributed by atoms with Crippen LogP contribution in [0.4, 0.5) is 5.13 Å². The van der Waals surface area contributed by atoms with E-state index in [-0.39, 0.29) is 6.04 Å². The lowest BCUT2D eigenvalue weighted by molar-refractivity contribution is 0.553. The molecule has 0 aromatic carbocycles. The first-order chi connectivity index (χ1) is 7.42. The zero-order valence-electron chi connectivity index (χ0n) is 9.47. The van der Waals surface area contributed by atoms with Crippen LogP contribution in [0.25, 0.3) is 0 Å². The molecule has 0 radical (unpaired) electrons. The maximum atomic E-state index is 11.8. The van der Waals surface area contributed by atoms with Crippen molar-refractivity contribution in [3.63, 3.8) is 0 Å². The molecule has 0 aliphatic rings. The van der Waals surface area contributed by atoms with Crippen molar-refractivity contribution in [3.05, 3.63) is 5.51 Å². The standard InChI is InChI=1S/C8H16N4O2S2/c1-6(2)9-4-7(3)16(13,14)12-8-11-10-5-15-8/h5-7,9H,4H2,1-3H3,(H,11,12). The van der Waals surface area contributed by atoms with Crippen molar-refractivity contribution < 1.29 is 8.42 Å². The summed E-state index contributed by atoms with van der Waals surface area (Å²) in [6.07, 6.45) is 0. The smallest absolute Gasteiger partial charge is 0.238 e. The maximum absolute atomic E-state index is 11.8. The van der Waals surface area contributed by atoms with E-state index in [1.165, 1.54) is 5.51 Å². The van der Waals surface area contributed by atoms with Crippen molar-refractivity contribution >= 4 is 26.5 Å². The van der Waals surface area contributed by atoms with E-state index in [2.05, 4.69) is 20.2 Å². The highest BCUT2D eigenvalue weighted by Gasteiger charge is 2.21. The van der Waals surface area contributed by atoms with Crippen LogP contribution in [-0.4, -0.2) is 36.5 Å². The summed E-state index contributed by atoms with van der Waals surface area (Å²) in [6.45, 7) is 6.00. The highest BCUT2D eigenvalue weighted by atomic mass is 32.2.